The van der Waals surface area contributed by atoms with Gasteiger partial charge in [-0.15, -0.1) is 0 Å². The van der Waals surface area contributed by atoms with Gasteiger partial charge in [0.05, 0.1) is 6.10 Å². The third-order valence-electron chi connectivity index (χ3n) is 8.44. The highest BCUT2D eigenvalue weighted by Gasteiger charge is 2.92. The molecule has 0 heterocycles. The van der Waals surface area contributed by atoms with Gasteiger partial charge in [0.25, 0.3) is 0 Å². The van der Waals surface area contributed by atoms with E-state index >= 15 is 0 Å². The van der Waals surface area contributed by atoms with Crippen LogP contribution in [0.5, 0.6) is 0 Å². The number of aliphatic hydroxyl groups is 1. The van der Waals surface area contributed by atoms with Crippen LogP contribution in [0, 0.1) is 71.0 Å². The lowest BCUT2D eigenvalue weighted by Crippen LogP contribution is -2.21. The highest BCUT2D eigenvalue weighted by Crippen LogP contribution is 2.91. The van der Waals surface area contributed by atoms with Crippen LogP contribution in [0.2, 0.25) is 0 Å². The number of ketones is 1. The van der Waals surface area contributed by atoms with E-state index in [0.717, 1.165) is 47.3 Å². The maximum Gasteiger partial charge on any atom is 0.140 e. The van der Waals surface area contributed by atoms with Crippen molar-refractivity contribution in [1.82, 2.24) is 0 Å². The highest BCUT2D eigenvalue weighted by atomic mass is 16.3. The van der Waals surface area contributed by atoms with Gasteiger partial charge in [-0.1, -0.05) is 0 Å². The van der Waals surface area contributed by atoms with Gasteiger partial charge >= 0.3 is 0 Å². The van der Waals surface area contributed by atoms with Crippen molar-refractivity contribution in [3.8, 4) is 0 Å². The van der Waals surface area contributed by atoms with Crippen LogP contribution in [0.4, 0.5) is 0 Å². The van der Waals surface area contributed by atoms with Gasteiger partial charge in [0.1, 0.15) is 5.78 Å². The number of rotatable bonds is 0. The van der Waals surface area contributed by atoms with E-state index in [1.165, 1.54) is 0 Å². The van der Waals surface area contributed by atoms with Crippen LogP contribution in [0.3, 0.4) is 0 Å². The molecule has 0 amide bonds. The summed E-state index contributed by atoms with van der Waals surface area (Å²) in [5.74, 6) is 9.15. The van der Waals surface area contributed by atoms with Crippen LogP contribution in [0.1, 0.15) is 0 Å². The van der Waals surface area contributed by atoms with Crippen LogP contribution in [-0.2, 0) is 4.79 Å². The molecule has 0 aromatic heterocycles. The van der Waals surface area contributed by atoms with E-state index in [4.69, 9.17) is 0 Å². The molecule has 8 aliphatic rings. The highest BCUT2D eigenvalue weighted by molar-refractivity contribution is 5.92. The van der Waals surface area contributed by atoms with E-state index in [0.29, 0.717) is 29.5 Å². The van der Waals surface area contributed by atoms with Gasteiger partial charge in [0.15, 0.2) is 0 Å². The molecule has 2 nitrogen and oxygen atoms in total. The molecule has 0 radical (unpaired) electrons. The molecule has 8 fully saturated rings. The molecule has 0 aromatic rings. The fraction of sp³-hybridized carbons (Fsp3) is 0.929. The fourth-order valence-corrected chi connectivity index (χ4v) is 9.20. The first-order chi connectivity index (χ1) is 7.82. The Morgan fingerprint density at radius 1 is 0.625 bits per heavy atom. The van der Waals surface area contributed by atoms with E-state index in [-0.39, 0.29) is 6.10 Å². The average Bonchev–Trinajstić information content (AvgIpc) is 2.90. The maximum atomic E-state index is 12.4. The van der Waals surface area contributed by atoms with E-state index < -0.39 is 0 Å². The van der Waals surface area contributed by atoms with E-state index in [9.17, 15) is 9.90 Å². The Morgan fingerprint density at radius 2 is 1.00 bits per heavy atom. The Bertz CT molecular complexity index is 425. The van der Waals surface area contributed by atoms with Crippen molar-refractivity contribution >= 4 is 5.78 Å². The van der Waals surface area contributed by atoms with E-state index in [1.807, 2.05) is 0 Å². The summed E-state index contributed by atoms with van der Waals surface area (Å²) in [6.45, 7) is 0. The summed E-state index contributed by atoms with van der Waals surface area (Å²) in [7, 11) is 0. The maximum absolute atomic E-state index is 12.4. The zero-order valence-electron chi connectivity index (χ0n) is 8.86. The molecule has 0 aliphatic heterocycles. The zero-order chi connectivity index (χ0) is 10.1. The SMILES string of the molecule is O=C1C2C3C4C1C1C2C2C5C(O)C(C32)C4C51. The van der Waals surface area contributed by atoms with Crippen molar-refractivity contribution in [1.29, 1.82) is 0 Å². The van der Waals surface area contributed by atoms with Crippen molar-refractivity contribution in [3.63, 3.8) is 0 Å². The van der Waals surface area contributed by atoms with Gasteiger partial charge in [0, 0.05) is 11.8 Å². The van der Waals surface area contributed by atoms with Crippen molar-refractivity contribution in [3.05, 3.63) is 0 Å². The molecule has 0 saturated heterocycles. The lowest BCUT2D eigenvalue weighted by atomic mass is 9.80. The summed E-state index contributed by atoms with van der Waals surface area (Å²) in [5, 5.41) is 10.4. The Hall–Kier alpha value is -0.370. The predicted molar refractivity (Wildman–Crippen MR) is 52.9 cm³/mol. The monoisotopic (exact) mass is 214 g/mol. The number of hydrogen-bond acceptors (Lipinski definition) is 2. The van der Waals surface area contributed by atoms with E-state index in [1.54, 1.807) is 0 Å². The predicted octanol–water partition coefficient (Wildman–Crippen LogP) is 0.406. The van der Waals surface area contributed by atoms with Crippen LogP contribution >= 0.6 is 0 Å². The first-order valence-corrected chi connectivity index (χ1v) is 7.04. The molecule has 2 heteroatoms. The second kappa shape index (κ2) is 1.57. The average molecular weight is 214 g/mol. The summed E-state index contributed by atoms with van der Waals surface area (Å²) in [4.78, 5) is 12.4. The molecule has 1 N–H and O–H groups in total. The van der Waals surface area contributed by atoms with Gasteiger partial charge in [-0.05, 0) is 59.2 Å². The second-order valence-electron chi connectivity index (χ2n) is 7.72. The molecule has 0 aromatic carbocycles. The lowest BCUT2D eigenvalue weighted by Gasteiger charge is -2.24. The first kappa shape index (κ1) is 7.15. The van der Waals surface area contributed by atoms with Gasteiger partial charge in [0.2, 0.25) is 0 Å². The lowest BCUT2D eigenvalue weighted by molar-refractivity contribution is -0.122. The molecule has 4 bridgehead atoms. The minimum absolute atomic E-state index is 0.0418. The van der Waals surface area contributed by atoms with Crippen molar-refractivity contribution in [2.45, 2.75) is 6.10 Å². The molecule has 8 unspecified atom stereocenters. The molecular weight excluding hydrogens is 200 g/mol. The van der Waals surface area contributed by atoms with Crippen LogP contribution < -0.4 is 0 Å². The number of aliphatic hydroxyl groups excluding tert-OH is 1. The topological polar surface area (TPSA) is 37.3 Å². The second-order valence-corrected chi connectivity index (χ2v) is 7.72. The Labute approximate surface area is 93.4 Å². The minimum atomic E-state index is 0.0418. The normalized spacial score (nSPS) is 90.3. The Balaban J connectivity index is 1.70. The summed E-state index contributed by atoms with van der Waals surface area (Å²) in [5.41, 5.74) is 0. The molecule has 82 valence electrons. The summed E-state index contributed by atoms with van der Waals surface area (Å²) >= 11 is 0. The quantitative estimate of drug-likeness (QED) is 0.634. The van der Waals surface area contributed by atoms with Crippen LogP contribution in [-0.4, -0.2) is 17.0 Å². The summed E-state index contributed by atoms with van der Waals surface area (Å²) in [6.07, 6.45) is 0.0418. The van der Waals surface area contributed by atoms with Crippen molar-refractivity contribution < 1.29 is 9.90 Å². The van der Waals surface area contributed by atoms with Gasteiger partial charge in [-0.3, -0.25) is 4.79 Å². The van der Waals surface area contributed by atoms with Gasteiger partial charge in [-0.2, -0.15) is 0 Å². The molecule has 8 atom stereocenters. The molecule has 16 heavy (non-hydrogen) atoms. The molecule has 0 spiro atoms. The largest absolute Gasteiger partial charge is 0.393 e. The Morgan fingerprint density at radius 3 is 1.38 bits per heavy atom. The molecule has 8 saturated carbocycles. The third kappa shape index (κ3) is 0.343. The fourth-order valence-electron chi connectivity index (χ4n) is 9.20. The number of Topliss-reactive ketones (excluding diaryl/α,β-unsaturated/α-hetero) is 1. The Kier molecular flexibility index (Phi) is 0.701. The molecule has 8 rings (SSSR count). The van der Waals surface area contributed by atoms with Crippen molar-refractivity contribution in [2.75, 3.05) is 0 Å². The van der Waals surface area contributed by atoms with Crippen molar-refractivity contribution in [2.24, 2.45) is 71.0 Å². The summed E-state index contributed by atoms with van der Waals surface area (Å²) < 4.78 is 0. The number of hydrogen-bond donors (Lipinski definition) is 1. The number of carbonyl (C=O) groups is 1. The standard InChI is InChI=1S/C14H14O2/c15-13-9-1-2-4-6(9)8-7-5(3(1)11(8)13)10(2)14(16)12(4)7/h1-13,15H. The van der Waals surface area contributed by atoms with Crippen LogP contribution in [0.25, 0.3) is 0 Å². The third-order valence-corrected chi connectivity index (χ3v) is 8.44. The molecular formula is C14H14O2. The minimum Gasteiger partial charge on any atom is -0.393 e. The summed E-state index contributed by atoms with van der Waals surface area (Å²) in [6, 6.07) is 0. The number of carbonyl (C=O) groups excluding carboxylic acids is 1. The smallest absolute Gasteiger partial charge is 0.140 e. The van der Waals surface area contributed by atoms with Crippen LogP contribution in [0.15, 0.2) is 0 Å². The molecule has 8 aliphatic carbocycles. The van der Waals surface area contributed by atoms with Gasteiger partial charge < -0.3 is 5.11 Å². The van der Waals surface area contributed by atoms with Gasteiger partial charge in [-0.25, -0.2) is 0 Å². The first-order valence-electron chi connectivity index (χ1n) is 7.04. The van der Waals surface area contributed by atoms with E-state index in [2.05, 4.69) is 0 Å². The zero-order valence-corrected chi connectivity index (χ0v) is 8.86.